The van der Waals surface area contributed by atoms with E-state index in [-0.39, 0.29) is 29.3 Å². The lowest BCUT2D eigenvalue weighted by molar-refractivity contribution is -0.137. The average molecular weight is 445 g/mol. The zero-order valence-electron chi connectivity index (χ0n) is 20.2. The van der Waals surface area contributed by atoms with E-state index in [9.17, 15) is 9.59 Å². The maximum atomic E-state index is 12.4. The SMILES string of the molecule is CCC#CC[C@@H](C/C=C1/C(=O)C=C[C@@H]1C/C=C\CCCC(=O)O)O[Si](C)(C)C(C)(C)C. The van der Waals surface area contributed by atoms with Gasteiger partial charge in [0.1, 0.15) is 0 Å². The van der Waals surface area contributed by atoms with Crippen LogP contribution in [-0.2, 0) is 14.0 Å². The summed E-state index contributed by atoms with van der Waals surface area (Å²) in [4.78, 5) is 23.0. The number of carboxylic acids is 1. The lowest BCUT2D eigenvalue weighted by Gasteiger charge is -2.39. The Morgan fingerprint density at radius 3 is 2.61 bits per heavy atom. The van der Waals surface area contributed by atoms with Crippen molar-refractivity contribution in [3.8, 4) is 11.8 Å². The number of ketones is 1. The highest BCUT2D eigenvalue weighted by molar-refractivity contribution is 6.74. The highest BCUT2D eigenvalue weighted by Gasteiger charge is 2.39. The third-order valence-corrected chi connectivity index (χ3v) is 10.5. The van der Waals surface area contributed by atoms with Crippen molar-refractivity contribution in [2.75, 3.05) is 0 Å². The molecule has 0 aliphatic heterocycles. The largest absolute Gasteiger partial charge is 0.481 e. The van der Waals surface area contributed by atoms with Gasteiger partial charge in [-0.15, -0.1) is 11.8 Å². The van der Waals surface area contributed by atoms with Crippen molar-refractivity contribution in [3.05, 3.63) is 36.0 Å². The molecule has 0 unspecified atom stereocenters. The Bertz CT molecular complexity index is 757. The Labute approximate surface area is 190 Å². The third kappa shape index (κ3) is 9.84. The molecule has 2 atom stereocenters. The summed E-state index contributed by atoms with van der Waals surface area (Å²) in [6.07, 6.45) is 14.3. The Morgan fingerprint density at radius 2 is 2.00 bits per heavy atom. The molecule has 1 N–H and O–H groups in total. The molecule has 0 heterocycles. The van der Waals surface area contributed by atoms with Crippen molar-refractivity contribution in [1.29, 1.82) is 0 Å². The van der Waals surface area contributed by atoms with Crippen LogP contribution in [0.15, 0.2) is 36.0 Å². The predicted molar refractivity (Wildman–Crippen MR) is 130 cm³/mol. The summed E-state index contributed by atoms with van der Waals surface area (Å²) in [6.45, 7) is 13.2. The van der Waals surface area contributed by atoms with Gasteiger partial charge in [-0.1, -0.05) is 52.0 Å². The molecule has 172 valence electrons. The van der Waals surface area contributed by atoms with Crippen LogP contribution in [0.2, 0.25) is 18.1 Å². The number of aliphatic carboxylic acids is 1. The zero-order valence-corrected chi connectivity index (χ0v) is 21.2. The van der Waals surface area contributed by atoms with Gasteiger partial charge in [-0.2, -0.15) is 0 Å². The van der Waals surface area contributed by atoms with E-state index in [1.165, 1.54) is 0 Å². The third-order valence-electron chi connectivity index (χ3n) is 5.98. The lowest BCUT2D eigenvalue weighted by atomic mass is 9.96. The van der Waals surface area contributed by atoms with Crippen molar-refractivity contribution in [2.45, 2.75) is 96.9 Å². The molecule has 0 radical (unpaired) electrons. The number of carboxylic acid groups (broad SMARTS) is 1. The van der Waals surface area contributed by atoms with Gasteiger partial charge in [-0.3, -0.25) is 9.59 Å². The molecule has 4 nitrogen and oxygen atoms in total. The summed E-state index contributed by atoms with van der Waals surface area (Å²) in [5.41, 5.74) is 0.836. The van der Waals surface area contributed by atoms with Gasteiger partial charge in [0.05, 0.1) is 6.10 Å². The van der Waals surface area contributed by atoms with Crippen LogP contribution in [0, 0.1) is 17.8 Å². The lowest BCUT2D eigenvalue weighted by Crippen LogP contribution is -2.43. The molecular formula is C26H40O4Si. The number of unbranched alkanes of at least 4 members (excludes halogenated alkanes) is 1. The van der Waals surface area contributed by atoms with Crippen molar-refractivity contribution < 1.29 is 19.1 Å². The van der Waals surface area contributed by atoms with Gasteiger partial charge >= 0.3 is 5.97 Å². The molecule has 0 aromatic carbocycles. The van der Waals surface area contributed by atoms with Crippen LogP contribution < -0.4 is 0 Å². The van der Waals surface area contributed by atoms with E-state index >= 15 is 0 Å². The first-order chi connectivity index (χ1) is 14.5. The van der Waals surface area contributed by atoms with Crippen molar-refractivity contribution in [2.24, 2.45) is 5.92 Å². The first kappa shape index (κ1) is 27.1. The topological polar surface area (TPSA) is 63.6 Å². The van der Waals surface area contributed by atoms with E-state index in [4.69, 9.17) is 9.53 Å². The summed E-state index contributed by atoms with van der Waals surface area (Å²) in [5, 5.41) is 8.82. The van der Waals surface area contributed by atoms with Gasteiger partial charge in [-0.05, 0) is 49.9 Å². The predicted octanol–water partition coefficient (Wildman–Crippen LogP) is 6.45. The molecule has 0 aromatic heterocycles. The van der Waals surface area contributed by atoms with Crippen LogP contribution in [0.1, 0.15) is 72.6 Å². The first-order valence-corrected chi connectivity index (χ1v) is 14.3. The van der Waals surface area contributed by atoms with Gasteiger partial charge in [-0.25, -0.2) is 0 Å². The molecule has 1 rings (SSSR count). The fourth-order valence-corrected chi connectivity index (χ4v) is 4.48. The maximum Gasteiger partial charge on any atom is 0.303 e. The van der Waals surface area contributed by atoms with Crippen molar-refractivity contribution in [1.82, 2.24) is 0 Å². The Balaban J connectivity index is 2.80. The summed E-state index contributed by atoms with van der Waals surface area (Å²) in [7, 11) is -1.93. The highest BCUT2D eigenvalue weighted by atomic mass is 28.4. The van der Waals surface area contributed by atoms with Gasteiger partial charge in [0, 0.05) is 30.8 Å². The number of hydrogen-bond donors (Lipinski definition) is 1. The quantitative estimate of drug-likeness (QED) is 0.131. The second kappa shape index (κ2) is 12.8. The van der Waals surface area contributed by atoms with Crippen molar-refractivity contribution >= 4 is 20.1 Å². The van der Waals surface area contributed by atoms with E-state index in [1.54, 1.807) is 6.08 Å². The Kier molecular flexibility index (Phi) is 11.2. The monoisotopic (exact) mass is 444 g/mol. The smallest absolute Gasteiger partial charge is 0.303 e. The van der Waals surface area contributed by atoms with Crippen molar-refractivity contribution in [3.63, 3.8) is 0 Å². The van der Waals surface area contributed by atoms with Crippen LogP contribution >= 0.6 is 0 Å². The maximum absolute atomic E-state index is 12.4. The van der Waals surface area contributed by atoms with Crippen LogP contribution in [-0.4, -0.2) is 31.3 Å². The second-order valence-electron chi connectivity index (χ2n) is 9.63. The summed E-state index contributed by atoms with van der Waals surface area (Å²) < 4.78 is 6.62. The van der Waals surface area contributed by atoms with Crippen LogP contribution in [0.25, 0.3) is 0 Å². The molecule has 0 spiro atoms. The van der Waals surface area contributed by atoms with Gasteiger partial charge in [0.15, 0.2) is 14.1 Å². The fraction of sp³-hybridized carbons (Fsp3) is 0.615. The van der Waals surface area contributed by atoms with E-state index in [0.717, 1.165) is 24.8 Å². The number of carbonyl (C=O) groups is 2. The number of allylic oxidation sites excluding steroid dienone is 5. The minimum atomic E-state index is -1.93. The summed E-state index contributed by atoms with van der Waals surface area (Å²) >= 11 is 0. The second-order valence-corrected chi connectivity index (χ2v) is 14.4. The molecule has 0 fully saturated rings. The normalized spacial score (nSPS) is 19.1. The van der Waals surface area contributed by atoms with Crippen LogP contribution in [0.5, 0.6) is 0 Å². The number of hydrogen-bond acceptors (Lipinski definition) is 3. The summed E-state index contributed by atoms with van der Waals surface area (Å²) in [6, 6.07) is 0. The molecule has 0 aromatic rings. The average Bonchev–Trinajstić information content (AvgIpc) is 3.01. The van der Waals surface area contributed by atoms with E-state index in [2.05, 4.69) is 57.9 Å². The molecule has 5 heteroatoms. The molecule has 0 bridgehead atoms. The fourth-order valence-electron chi connectivity index (χ4n) is 3.11. The Hall–Kier alpha value is -1.90. The highest BCUT2D eigenvalue weighted by Crippen LogP contribution is 2.38. The standard InChI is InChI=1S/C26H40O4Si/c1-7-8-11-15-22(30-31(5,6)26(2,3)4)18-19-23-21(17-20-24(23)27)14-12-9-10-13-16-25(28)29/h9,12,17,19-22H,7,10,13-16,18H2,1-6H3,(H,28,29)/b12-9-,23-19+/t21-,22-/m0/s1. The molecule has 0 saturated heterocycles. The molecule has 0 saturated carbocycles. The van der Waals surface area contributed by atoms with Gasteiger partial charge < -0.3 is 9.53 Å². The molecule has 1 aliphatic carbocycles. The molecule has 0 amide bonds. The van der Waals surface area contributed by atoms with Gasteiger partial charge in [0.2, 0.25) is 0 Å². The van der Waals surface area contributed by atoms with Gasteiger partial charge in [0.25, 0.3) is 0 Å². The molecular weight excluding hydrogens is 404 g/mol. The first-order valence-electron chi connectivity index (χ1n) is 11.4. The summed E-state index contributed by atoms with van der Waals surface area (Å²) in [5.74, 6) is 5.77. The Morgan fingerprint density at radius 1 is 1.29 bits per heavy atom. The van der Waals surface area contributed by atoms with E-state index in [1.807, 2.05) is 19.1 Å². The minimum Gasteiger partial charge on any atom is -0.481 e. The van der Waals surface area contributed by atoms with E-state index in [0.29, 0.717) is 19.3 Å². The van der Waals surface area contributed by atoms with E-state index < -0.39 is 14.3 Å². The van der Waals surface area contributed by atoms with Crippen LogP contribution in [0.4, 0.5) is 0 Å². The number of carbonyl (C=O) groups excluding carboxylic acids is 1. The molecule has 1 aliphatic rings. The number of rotatable bonds is 11. The molecule has 31 heavy (non-hydrogen) atoms. The minimum absolute atomic E-state index is 0.00643. The van der Waals surface area contributed by atoms with Crippen LogP contribution in [0.3, 0.4) is 0 Å². The zero-order chi connectivity index (χ0) is 23.5.